The van der Waals surface area contributed by atoms with Crippen molar-refractivity contribution in [2.24, 2.45) is 0 Å². The van der Waals surface area contributed by atoms with Gasteiger partial charge in [-0.2, -0.15) is 11.8 Å². The Morgan fingerprint density at radius 2 is 2.44 bits per heavy atom. The summed E-state index contributed by atoms with van der Waals surface area (Å²) in [5.74, 6) is 0.774. The predicted molar refractivity (Wildman–Crippen MR) is 65.5 cm³/mol. The molecule has 1 unspecified atom stereocenters. The van der Waals surface area contributed by atoms with Crippen molar-refractivity contribution < 1.29 is 14.7 Å². The van der Waals surface area contributed by atoms with Crippen LogP contribution in [0.5, 0.6) is 0 Å². The maximum Gasteiger partial charge on any atom is 0.358 e. The van der Waals surface area contributed by atoms with Gasteiger partial charge in [-0.3, -0.25) is 4.79 Å². The molecular weight excluding hydrogens is 256 g/mol. The highest BCUT2D eigenvalue weighted by Crippen LogP contribution is 2.16. The topological polar surface area (TPSA) is 97.1 Å². The molecule has 1 amide bonds. The molecule has 0 spiro atoms. The molecule has 2 heterocycles. The molecule has 98 valence electrons. The van der Waals surface area contributed by atoms with Crippen LogP contribution in [0.3, 0.4) is 0 Å². The number of hydrogen-bond donors (Lipinski definition) is 2. The van der Waals surface area contributed by atoms with Crippen molar-refractivity contribution in [3.05, 3.63) is 11.9 Å². The maximum absolute atomic E-state index is 11.7. The van der Waals surface area contributed by atoms with Gasteiger partial charge in [0.05, 0.1) is 6.20 Å². The van der Waals surface area contributed by atoms with E-state index in [2.05, 4.69) is 15.6 Å². The monoisotopic (exact) mass is 270 g/mol. The fourth-order valence-corrected chi connectivity index (χ4v) is 2.82. The van der Waals surface area contributed by atoms with Crippen LogP contribution in [0.1, 0.15) is 23.3 Å². The summed E-state index contributed by atoms with van der Waals surface area (Å²) in [7, 11) is 0. The van der Waals surface area contributed by atoms with Crippen LogP contribution in [0, 0.1) is 0 Å². The quantitative estimate of drug-likeness (QED) is 0.798. The minimum Gasteiger partial charge on any atom is -0.476 e. The molecule has 8 heteroatoms. The van der Waals surface area contributed by atoms with Crippen LogP contribution < -0.4 is 5.32 Å². The van der Waals surface area contributed by atoms with Gasteiger partial charge in [0.15, 0.2) is 5.69 Å². The number of carbonyl (C=O) groups excluding carboxylic acids is 1. The molecule has 0 saturated carbocycles. The molecule has 1 saturated heterocycles. The molecule has 18 heavy (non-hydrogen) atoms. The largest absolute Gasteiger partial charge is 0.476 e. The molecule has 7 nitrogen and oxygen atoms in total. The summed E-state index contributed by atoms with van der Waals surface area (Å²) in [6.45, 7) is 0.00144. The average molecular weight is 270 g/mol. The molecule has 0 aromatic carbocycles. The second-order valence-corrected chi connectivity index (χ2v) is 5.24. The van der Waals surface area contributed by atoms with Gasteiger partial charge < -0.3 is 10.4 Å². The van der Waals surface area contributed by atoms with Gasteiger partial charge in [0.1, 0.15) is 6.54 Å². The van der Waals surface area contributed by atoms with Crippen LogP contribution in [0.4, 0.5) is 0 Å². The van der Waals surface area contributed by atoms with E-state index in [1.807, 2.05) is 11.8 Å². The smallest absolute Gasteiger partial charge is 0.358 e. The van der Waals surface area contributed by atoms with Crippen molar-refractivity contribution in [1.82, 2.24) is 20.3 Å². The Morgan fingerprint density at radius 3 is 3.06 bits per heavy atom. The van der Waals surface area contributed by atoms with E-state index in [0.29, 0.717) is 0 Å². The third-order valence-electron chi connectivity index (χ3n) is 2.59. The van der Waals surface area contributed by atoms with Crippen molar-refractivity contribution in [2.75, 3.05) is 11.5 Å². The zero-order valence-corrected chi connectivity index (χ0v) is 10.5. The van der Waals surface area contributed by atoms with E-state index in [4.69, 9.17) is 5.11 Å². The summed E-state index contributed by atoms with van der Waals surface area (Å²) in [6.07, 6.45) is 3.36. The van der Waals surface area contributed by atoms with Gasteiger partial charge in [-0.05, 0) is 18.6 Å². The van der Waals surface area contributed by atoms with Crippen LogP contribution in [-0.2, 0) is 11.3 Å². The van der Waals surface area contributed by atoms with E-state index >= 15 is 0 Å². The number of thioether (sulfide) groups is 1. The molecule has 2 rings (SSSR count). The fourth-order valence-electron chi connectivity index (χ4n) is 1.75. The lowest BCUT2D eigenvalue weighted by atomic mass is 10.2. The second kappa shape index (κ2) is 5.85. The van der Waals surface area contributed by atoms with E-state index in [-0.39, 0.29) is 24.2 Å². The minimum atomic E-state index is -1.15. The van der Waals surface area contributed by atoms with Gasteiger partial charge >= 0.3 is 5.97 Å². The standard InChI is InChI=1S/C10H14N4O3S/c15-9(11-7-2-1-3-18-6-7)5-14-4-8(10(16)17)12-13-14/h4,7H,1-3,5-6H2,(H,11,15)(H,16,17). The molecule has 1 aromatic heterocycles. The Labute approximate surface area is 108 Å². The van der Waals surface area contributed by atoms with Gasteiger partial charge in [-0.15, -0.1) is 5.10 Å². The lowest BCUT2D eigenvalue weighted by Crippen LogP contribution is -2.40. The van der Waals surface area contributed by atoms with Gasteiger partial charge in [0, 0.05) is 11.8 Å². The molecule has 0 aliphatic carbocycles. The number of carboxylic acid groups (broad SMARTS) is 1. The number of nitrogens with one attached hydrogen (secondary N) is 1. The first-order chi connectivity index (χ1) is 8.65. The fraction of sp³-hybridized carbons (Fsp3) is 0.600. The number of carboxylic acids is 1. The molecule has 1 aliphatic rings. The van der Waals surface area contributed by atoms with E-state index in [0.717, 1.165) is 24.3 Å². The molecule has 1 fully saturated rings. The number of hydrogen-bond acceptors (Lipinski definition) is 5. The predicted octanol–water partition coefficient (Wildman–Crippen LogP) is -0.0119. The highest BCUT2D eigenvalue weighted by molar-refractivity contribution is 7.99. The Bertz CT molecular complexity index is 442. The lowest BCUT2D eigenvalue weighted by Gasteiger charge is -2.22. The normalized spacial score (nSPS) is 19.4. The maximum atomic E-state index is 11.7. The molecule has 2 N–H and O–H groups in total. The van der Waals surface area contributed by atoms with Crippen molar-refractivity contribution in [1.29, 1.82) is 0 Å². The molecule has 0 bridgehead atoms. The number of aromatic carboxylic acids is 1. The summed E-state index contributed by atoms with van der Waals surface area (Å²) < 4.78 is 1.23. The molecule has 1 aliphatic heterocycles. The Balaban J connectivity index is 1.84. The Hall–Kier alpha value is -1.57. The lowest BCUT2D eigenvalue weighted by molar-refractivity contribution is -0.122. The van der Waals surface area contributed by atoms with E-state index in [9.17, 15) is 9.59 Å². The summed E-state index contributed by atoms with van der Waals surface area (Å²) in [5.41, 5.74) is -0.156. The van der Waals surface area contributed by atoms with Crippen molar-refractivity contribution in [3.8, 4) is 0 Å². The number of amides is 1. The van der Waals surface area contributed by atoms with Crippen LogP contribution in [-0.4, -0.2) is 49.5 Å². The third kappa shape index (κ3) is 3.46. The Kier molecular flexibility index (Phi) is 4.19. The van der Waals surface area contributed by atoms with Crippen molar-refractivity contribution in [2.45, 2.75) is 25.4 Å². The summed E-state index contributed by atoms with van der Waals surface area (Å²) >= 11 is 1.83. The summed E-state index contributed by atoms with van der Waals surface area (Å²) in [4.78, 5) is 22.3. The van der Waals surface area contributed by atoms with Crippen LogP contribution in [0.25, 0.3) is 0 Å². The number of rotatable bonds is 4. The van der Waals surface area contributed by atoms with Gasteiger partial charge in [0.2, 0.25) is 5.91 Å². The second-order valence-electron chi connectivity index (χ2n) is 4.09. The highest BCUT2D eigenvalue weighted by Gasteiger charge is 2.17. The zero-order chi connectivity index (χ0) is 13.0. The van der Waals surface area contributed by atoms with Crippen molar-refractivity contribution in [3.63, 3.8) is 0 Å². The molecule has 1 atom stereocenters. The molecular formula is C10H14N4O3S. The van der Waals surface area contributed by atoms with Crippen LogP contribution in [0.15, 0.2) is 6.20 Å². The van der Waals surface area contributed by atoms with Crippen molar-refractivity contribution >= 4 is 23.6 Å². The van der Waals surface area contributed by atoms with Crippen LogP contribution in [0.2, 0.25) is 0 Å². The highest BCUT2D eigenvalue weighted by atomic mass is 32.2. The number of aromatic nitrogens is 3. The van der Waals surface area contributed by atoms with E-state index in [1.54, 1.807) is 0 Å². The zero-order valence-electron chi connectivity index (χ0n) is 9.70. The number of nitrogens with zero attached hydrogens (tertiary/aromatic N) is 3. The van der Waals surface area contributed by atoms with E-state index < -0.39 is 5.97 Å². The van der Waals surface area contributed by atoms with Gasteiger partial charge in [-0.1, -0.05) is 5.21 Å². The molecule has 0 radical (unpaired) electrons. The van der Waals surface area contributed by atoms with Crippen LogP contribution >= 0.6 is 11.8 Å². The first-order valence-electron chi connectivity index (χ1n) is 5.65. The summed E-state index contributed by atoms with van der Waals surface area (Å²) in [6, 6.07) is 0.207. The van der Waals surface area contributed by atoms with Gasteiger partial charge in [0.25, 0.3) is 0 Å². The average Bonchev–Trinajstić information content (AvgIpc) is 2.78. The number of carbonyl (C=O) groups is 2. The minimum absolute atomic E-state index is 0.00144. The first-order valence-corrected chi connectivity index (χ1v) is 6.81. The van der Waals surface area contributed by atoms with Gasteiger partial charge in [-0.25, -0.2) is 9.48 Å². The molecule has 1 aromatic rings. The van der Waals surface area contributed by atoms with E-state index in [1.165, 1.54) is 10.9 Å². The Morgan fingerprint density at radius 1 is 1.61 bits per heavy atom. The third-order valence-corrected chi connectivity index (χ3v) is 3.80. The SMILES string of the molecule is O=C(Cn1cc(C(=O)O)nn1)NC1CCCSC1. The summed E-state index contributed by atoms with van der Waals surface area (Å²) in [5, 5.41) is 18.6. The first kappa shape index (κ1) is 12.9.